The van der Waals surface area contributed by atoms with Crippen LogP contribution in [0.4, 0.5) is 0 Å². The molecule has 0 fully saturated rings. The number of nitrogens with one attached hydrogen (secondary N) is 2. The van der Waals surface area contributed by atoms with Crippen LogP contribution in [0.5, 0.6) is 5.75 Å². The number of aryl methyl sites for hydroxylation is 1. The lowest BCUT2D eigenvalue weighted by Crippen LogP contribution is -2.24. The van der Waals surface area contributed by atoms with Crippen LogP contribution in [0.3, 0.4) is 0 Å². The maximum atomic E-state index is 9.61. The highest BCUT2D eigenvalue weighted by Crippen LogP contribution is 2.32. The first-order valence-electron chi connectivity index (χ1n) is 6.35. The summed E-state index contributed by atoms with van der Waals surface area (Å²) in [5.41, 5.74) is 3.67. The molecule has 4 heteroatoms. The van der Waals surface area contributed by atoms with Gasteiger partial charge in [0.25, 0.3) is 0 Å². The number of fused-ring (bicyclic) bond motifs is 1. The van der Waals surface area contributed by atoms with Crippen molar-refractivity contribution in [1.29, 1.82) is 0 Å². The Morgan fingerprint density at radius 3 is 3.22 bits per heavy atom. The Hall–Kier alpha value is -1.81. The summed E-state index contributed by atoms with van der Waals surface area (Å²) in [4.78, 5) is 7.10. The van der Waals surface area contributed by atoms with Crippen molar-refractivity contribution >= 4 is 0 Å². The van der Waals surface area contributed by atoms with E-state index >= 15 is 0 Å². The minimum atomic E-state index is 0.323. The molecule has 18 heavy (non-hydrogen) atoms. The van der Waals surface area contributed by atoms with Gasteiger partial charge in [0.2, 0.25) is 0 Å². The zero-order valence-corrected chi connectivity index (χ0v) is 10.2. The summed E-state index contributed by atoms with van der Waals surface area (Å²) >= 11 is 0. The van der Waals surface area contributed by atoms with Crippen LogP contribution in [-0.2, 0) is 13.0 Å². The van der Waals surface area contributed by atoms with Crippen LogP contribution in [0.1, 0.15) is 35.7 Å². The largest absolute Gasteiger partial charge is 0.508 e. The van der Waals surface area contributed by atoms with Crippen LogP contribution < -0.4 is 5.32 Å². The number of rotatable bonds is 3. The van der Waals surface area contributed by atoms with E-state index < -0.39 is 0 Å². The molecule has 1 aromatic heterocycles. The number of aromatic amines is 1. The van der Waals surface area contributed by atoms with Crippen molar-refractivity contribution in [2.24, 2.45) is 0 Å². The summed E-state index contributed by atoms with van der Waals surface area (Å²) in [6, 6.07) is 6.02. The first-order chi connectivity index (χ1) is 8.83. The van der Waals surface area contributed by atoms with Crippen molar-refractivity contribution < 1.29 is 5.11 Å². The number of aromatic hydroxyl groups is 1. The number of H-pyrrole nitrogens is 1. The maximum absolute atomic E-state index is 9.61. The molecular weight excluding hydrogens is 226 g/mol. The van der Waals surface area contributed by atoms with Crippen LogP contribution in [-0.4, -0.2) is 15.1 Å². The number of benzene rings is 1. The first kappa shape index (κ1) is 11.3. The SMILES string of the molecule is Oc1ccc2c(c1)C(NCc1cnc[nH]1)CCC2. The Bertz CT molecular complexity index is 522. The molecule has 1 unspecified atom stereocenters. The standard InChI is InChI=1S/C14H17N3O/c18-12-5-4-10-2-1-3-14(13(10)6-12)16-8-11-7-15-9-17-11/h4-7,9,14,16,18H,1-3,8H2,(H,15,17). The monoisotopic (exact) mass is 243 g/mol. The van der Waals surface area contributed by atoms with Gasteiger partial charge in [-0.2, -0.15) is 0 Å². The van der Waals surface area contributed by atoms with Crippen molar-refractivity contribution in [1.82, 2.24) is 15.3 Å². The fourth-order valence-electron chi connectivity index (χ4n) is 2.61. The average Bonchev–Trinajstić information content (AvgIpc) is 2.89. The molecule has 0 amide bonds. The molecule has 4 nitrogen and oxygen atoms in total. The third kappa shape index (κ3) is 2.24. The number of hydrogen-bond acceptors (Lipinski definition) is 3. The molecule has 0 spiro atoms. The first-order valence-corrected chi connectivity index (χ1v) is 6.35. The fraction of sp³-hybridized carbons (Fsp3) is 0.357. The topological polar surface area (TPSA) is 60.9 Å². The van der Waals surface area contributed by atoms with Crippen molar-refractivity contribution in [2.45, 2.75) is 31.8 Å². The van der Waals surface area contributed by atoms with Crippen LogP contribution in [0.25, 0.3) is 0 Å². The second-order valence-corrected chi connectivity index (χ2v) is 4.79. The van der Waals surface area contributed by atoms with Crippen molar-refractivity contribution in [3.8, 4) is 5.75 Å². The van der Waals surface area contributed by atoms with Crippen molar-refractivity contribution in [3.05, 3.63) is 47.5 Å². The van der Waals surface area contributed by atoms with Gasteiger partial charge in [0.1, 0.15) is 5.75 Å². The molecule has 0 radical (unpaired) electrons. The molecule has 1 heterocycles. The number of phenols is 1. The zero-order chi connectivity index (χ0) is 12.4. The van der Waals surface area contributed by atoms with E-state index in [1.165, 1.54) is 17.5 Å². The maximum Gasteiger partial charge on any atom is 0.115 e. The van der Waals surface area contributed by atoms with Gasteiger partial charge in [0.05, 0.1) is 6.33 Å². The minimum Gasteiger partial charge on any atom is -0.508 e. The lowest BCUT2D eigenvalue weighted by atomic mass is 9.87. The summed E-state index contributed by atoms with van der Waals surface area (Å²) in [7, 11) is 0. The van der Waals surface area contributed by atoms with Gasteiger partial charge >= 0.3 is 0 Å². The third-order valence-corrected chi connectivity index (χ3v) is 3.54. The lowest BCUT2D eigenvalue weighted by Gasteiger charge is -2.26. The normalized spacial score (nSPS) is 18.6. The quantitative estimate of drug-likeness (QED) is 0.775. The van der Waals surface area contributed by atoms with Crippen LogP contribution in [0.2, 0.25) is 0 Å². The van der Waals surface area contributed by atoms with Gasteiger partial charge in [-0.3, -0.25) is 0 Å². The van der Waals surface area contributed by atoms with E-state index in [1.54, 1.807) is 12.4 Å². The highest BCUT2D eigenvalue weighted by atomic mass is 16.3. The number of imidazole rings is 1. The van der Waals surface area contributed by atoms with Gasteiger partial charge in [0, 0.05) is 24.5 Å². The van der Waals surface area contributed by atoms with E-state index in [4.69, 9.17) is 0 Å². The van der Waals surface area contributed by atoms with Crippen LogP contribution >= 0.6 is 0 Å². The van der Waals surface area contributed by atoms with E-state index in [0.717, 1.165) is 25.1 Å². The Balaban J connectivity index is 1.76. The molecule has 1 atom stereocenters. The molecular formula is C14H17N3O. The van der Waals surface area contributed by atoms with Gasteiger partial charge in [-0.1, -0.05) is 6.07 Å². The van der Waals surface area contributed by atoms with Crippen LogP contribution in [0.15, 0.2) is 30.7 Å². The summed E-state index contributed by atoms with van der Waals surface area (Å²) in [5.74, 6) is 0.351. The smallest absolute Gasteiger partial charge is 0.115 e. The Morgan fingerprint density at radius 1 is 1.44 bits per heavy atom. The Morgan fingerprint density at radius 2 is 2.39 bits per heavy atom. The lowest BCUT2D eigenvalue weighted by molar-refractivity contribution is 0.444. The molecule has 1 aromatic carbocycles. The highest BCUT2D eigenvalue weighted by molar-refractivity contribution is 5.38. The van der Waals surface area contributed by atoms with Gasteiger partial charge < -0.3 is 15.4 Å². The predicted molar refractivity (Wildman–Crippen MR) is 69.2 cm³/mol. The molecule has 0 bridgehead atoms. The minimum absolute atomic E-state index is 0.323. The van der Waals surface area contributed by atoms with Gasteiger partial charge in [-0.15, -0.1) is 0 Å². The summed E-state index contributed by atoms with van der Waals surface area (Å²) in [5, 5.41) is 13.1. The summed E-state index contributed by atoms with van der Waals surface area (Å²) in [6.07, 6.45) is 6.94. The molecule has 1 aliphatic carbocycles. The second kappa shape index (κ2) is 4.82. The highest BCUT2D eigenvalue weighted by Gasteiger charge is 2.20. The Kier molecular flexibility index (Phi) is 3.02. The van der Waals surface area contributed by atoms with Gasteiger partial charge in [0.15, 0.2) is 0 Å². The molecule has 0 aliphatic heterocycles. The molecule has 1 aliphatic rings. The van der Waals surface area contributed by atoms with Crippen LogP contribution in [0, 0.1) is 0 Å². The summed E-state index contributed by atoms with van der Waals surface area (Å²) < 4.78 is 0. The summed E-state index contributed by atoms with van der Waals surface area (Å²) in [6.45, 7) is 0.778. The number of aromatic nitrogens is 2. The van der Waals surface area contributed by atoms with Crippen molar-refractivity contribution in [3.63, 3.8) is 0 Å². The van der Waals surface area contributed by atoms with E-state index in [-0.39, 0.29) is 0 Å². The van der Waals surface area contributed by atoms with E-state index in [1.807, 2.05) is 18.3 Å². The number of nitrogens with zero attached hydrogens (tertiary/aromatic N) is 1. The van der Waals surface area contributed by atoms with E-state index in [0.29, 0.717) is 11.8 Å². The predicted octanol–water partition coefficient (Wildman–Crippen LogP) is 2.28. The molecule has 3 N–H and O–H groups in total. The van der Waals surface area contributed by atoms with Gasteiger partial charge in [-0.05, 0) is 42.5 Å². The molecule has 0 saturated carbocycles. The molecule has 94 valence electrons. The van der Waals surface area contributed by atoms with E-state index in [2.05, 4.69) is 15.3 Å². The molecule has 2 aromatic rings. The third-order valence-electron chi connectivity index (χ3n) is 3.54. The molecule has 3 rings (SSSR count). The van der Waals surface area contributed by atoms with E-state index in [9.17, 15) is 5.11 Å². The average molecular weight is 243 g/mol. The van der Waals surface area contributed by atoms with Gasteiger partial charge in [-0.25, -0.2) is 4.98 Å². The molecule has 0 saturated heterocycles. The Labute approximate surface area is 106 Å². The second-order valence-electron chi connectivity index (χ2n) is 4.79. The van der Waals surface area contributed by atoms with Crippen molar-refractivity contribution in [2.75, 3.05) is 0 Å². The number of phenolic OH excluding ortho intramolecular Hbond substituents is 1. The zero-order valence-electron chi connectivity index (χ0n) is 10.2. The number of hydrogen-bond donors (Lipinski definition) is 3. The fourth-order valence-corrected chi connectivity index (χ4v) is 2.61.